The molecule has 0 saturated heterocycles. The molecule has 2 N–H and O–H groups in total. The van der Waals surface area contributed by atoms with Crippen molar-refractivity contribution in [3.63, 3.8) is 0 Å². The molecule has 25 heavy (non-hydrogen) atoms. The Kier molecular flexibility index (Phi) is 4.60. The fourth-order valence-electron chi connectivity index (χ4n) is 2.37. The second-order valence-electron chi connectivity index (χ2n) is 5.28. The number of fused-ring (bicyclic) bond motifs is 1. The lowest BCUT2D eigenvalue weighted by molar-refractivity contribution is -0.385. The standard InChI is InChI=1S/C17H17N5O3/c1-3-25-16-9-8-12(10-15(16)22(23)24)11(2)20-21-17-18-13-6-4-5-7-14(13)19-17/h4-10H,3H2,1-2H3,(H2,18,19,21)/b20-11-. The Bertz CT molecular complexity index is 915. The number of hydrogen-bond donors (Lipinski definition) is 2. The van der Waals surface area contributed by atoms with Crippen molar-refractivity contribution in [3.8, 4) is 5.75 Å². The molecular weight excluding hydrogens is 322 g/mol. The first-order valence-corrected chi connectivity index (χ1v) is 7.75. The number of rotatable bonds is 6. The number of aromatic nitrogens is 2. The smallest absolute Gasteiger partial charge is 0.311 e. The van der Waals surface area contributed by atoms with E-state index < -0.39 is 4.92 Å². The van der Waals surface area contributed by atoms with Gasteiger partial charge in [0, 0.05) is 11.6 Å². The van der Waals surface area contributed by atoms with E-state index in [1.165, 1.54) is 6.07 Å². The number of nitrogens with one attached hydrogen (secondary N) is 2. The van der Waals surface area contributed by atoms with E-state index in [9.17, 15) is 10.1 Å². The lowest BCUT2D eigenvalue weighted by atomic mass is 10.1. The minimum absolute atomic E-state index is 0.0855. The van der Waals surface area contributed by atoms with Gasteiger partial charge in [-0.1, -0.05) is 12.1 Å². The highest BCUT2D eigenvalue weighted by Crippen LogP contribution is 2.28. The normalized spacial score (nSPS) is 11.5. The molecule has 0 atom stereocenters. The number of hydrazone groups is 1. The third-order valence-corrected chi connectivity index (χ3v) is 3.59. The van der Waals surface area contributed by atoms with Gasteiger partial charge in [0.05, 0.1) is 28.3 Å². The van der Waals surface area contributed by atoms with Crippen LogP contribution in [0.2, 0.25) is 0 Å². The topological polar surface area (TPSA) is 105 Å². The fourth-order valence-corrected chi connectivity index (χ4v) is 2.37. The molecule has 0 spiro atoms. The van der Waals surface area contributed by atoms with Crippen molar-refractivity contribution in [2.45, 2.75) is 13.8 Å². The lowest BCUT2D eigenvalue weighted by Gasteiger charge is -2.06. The SMILES string of the molecule is CCOc1ccc(/C(C)=N\Nc2nc3ccccc3[nH]2)cc1[N+](=O)[O-]. The lowest BCUT2D eigenvalue weighted by Crippen LogP contribution is -2.03. The maximum Gasteiger partial charge on any atom is 0.311 e. The van der Waals surface area contributed by atoms with Crippen molar-refractivity contribution < 1.29 is 9.66 Å². The van der Waals surface area contributed by atoms with Gasteiger partial charge >= 0.3 is 5.69 Å². The van der Waals surface area contributed by atoms with Crippen LogP contribution >= 0.6 is 0 Å². The molecule has 0 aliphatic heterocycles. The molecular formula is C17H17N5O3. The molecule has 8 nitrogen and oxygen atoms in total. The zero-order valence-electron chi connectivity index (χ0n) is 13.8. The predicted octanol–water partition coefficient (Wildman–Crippen LogP) is 3.71. The first-order valence-electron chi connectivity index (χ1n) is 7.75. The molecule has 3 rings (SSSR count). The second-order valence-corrected chi connectivity index (χ2v) is 5.28. The molecule has 3 aromatic rings. The summed E-state index contributed by atoms with van der Waals surface area (Å²) in [5.74, 6) is 0.746. The van der Waals surface area contributed by atoms with Gasteiger partial charge in [-0.3, -0.25) is 10.1 Å². The highest BCUT2D eigenvalue weighted by molar-refractivity contribution is 5.99. The molecule has 0 bridgehead atoms. The summed E-state index contributed by atoms with van der Waals surface area (Å²) in [5.41, 5.74) is 5.69. The van der Waals surface area contributed by atoms with Crippen molar-refractivity contribution in [3.05, 3.63) is 58.1 Å². The van der Waals surface area contributed by atoms with Crippen molar-refractivity contribution in [1.82, 2.24) is 9.97 Å². The third kappa shape index (κ3) is 3.57. The summed E-state index contributed by atoms with van der Waals surface area (Å²) < 4.78 is 5.28. The molecule has 0 aliphatic carbocycles. The summed E-state index contributed by atoms with van der Waals surface area (Å²) in [6.07, 6.45) is 0. The first kappa shape index (κ1) is 16.4. The van der Waals surface area contributed by atoms with Crippen LogP contribution in [0.1, 0.15) is 19.4 Å². The summed E-state index contributed by atoms with van der Waals surface area (Å²) >= 11 is 0. The van der Waals surface area contributed by atoms with E-state index >= 15 is 0 Å². The highest BCUT2D eigenvalue weighted by Gasteiger charge is 2.16. The molecule has 0 saturated carbocycles. The molecule has 128 valence electrons. The Morgan fingerprint density at radius 3 is 2.88 bits per heavy atom. The van der Waals surface area contributed by atoms with Crippen LogP contribution in [0.25, 0.3) is 11.0 Å². The summed E-state index contributed by atoms with van der Waals surface area (Å²) in [4.78, 5) is 18.2. The average Bonchev–Trinajstić information content (AvgIpc) is 3.03. The molecule has 0 unspecified atom stereocenters. The van der Waals surface area contributed by atoms with Gasteiger partial charge in [0.2, 0.25) is 5.95 Å². The van der Waals surface area contributed by atoms with Crippen molar-refractivity contribution in [2.24, 2.45) is 5.10 Å². The number of benzene rings is 2. The van der Waals surface area contributed by atoms with E-state index in [1.54, 1.807) is 26.0 Å². The van der Waals surface area contributed by atoms with Gasteiger partial charge in [0.1, 0.15) is 0 Å². The van der Waals surface area contributed by atoms with Gasteiger partial charge in [-0.2, -0.15) is 5.10 Å². The van der Waals surface area contributed by atoms with Gasteiger partial charge in [0.25, 0.3) is 0 Å². The molecule has 2 aromatic carbocycles. The molecule has 8 heteroatoms. The van der Waals surface area contributed by atoms with E-state index in [1.807, 2.05) is 24.3 Å². The van der Waals surface area contributed by atoms with Crippen LogP contribution < -0.4 is 10.2 Å². The summed E-state index contributed by atoms with van der Waals surface area (Å²) in [6.45, 7) is 3.90. The number of ether oxygens (including phenoxy) is 1. The second kappa shape index (κ2) is 7.00. The van der Waals surface area contributed by atoms with Gasteiger partial charge < -0.3 is 9.72 Å². The zero-order chi connectivity index (χ0) is 17.8. The van der Waals surface area contributed by atoms with Crippen molar-refractivity contribution in [1.29, 1.82) is 0 Å². The highest BCUT2D eigenvalue weighted by atomic mass is 16.6. The molecule has 0 aliphatic rings. The van der Waals surface area contributed by atoms with E-state index in [4.69, 9.17) is 4.74 Å². The van der Waals surface area contributed by atoms with E-state index in [0.29, 0.717) is 23.8 Å². The number of H-pyrrole nitrogens is 1. The number of para-hydroxylation sites is 2. The fraction of sp³-hybridized carbons (Fsp3) is 0.176. The van der Waals surface area contributed by atoms with Crippen LogP contribution in [0.5, 0.6) is 5.75 Å². The number of hydrogen-bond acceptors (Lipinski definition) is 6. The monoisotopic (exact) mass is 339 g/mol. The van der Waals surface area contributed by atoms with Crippen LogP contribution in [0.4, 0.5) is 11.6 Å². The predicted molar refractivity (Wildman–Crippen MR) is 96.2 cm³/mol. The number of nitro groups is 1. The minimum atomic E-state index is -0.464. The number of nitrogens with zero attached hydrogens (tertiary/aromatic N) is 3. The largest absolute Gasteiger partial charge is 0.487 e. The molecule has 0 radical (unpaired) electrons. The quantitative estimate of drug-likeness (QED) is 0.404. The average molecular weight is 339 g/mol. The van der Waals surface area contributed by atoms with E-state index in [0.717, 1.165) is 11.0 Å². The number of imidazole rings is 1. The Labute approximate surface area is 143 Å². The summed E-state index contributed by atoms with van der Waals surface area (Å²) in [7, 11) is 0. The zero-order valence-corrected chi connectivity index (χ0v) is 13.8. The van der Waals surface area contributed by atoms with E-state index in [2.05, 4.69) is 20.5 Å². The Balaban J connectivity index is 1.84. The van der Waals surface area contributed by atoms with Crippen LogP contribution in [0, 0.1) is 10.1 Å². The van der Waals surface area contributed by atoms with Crippen LogP contribution in [-0.2, 0) is 0 Å². The third-order valence-electron chi connectivity index (χ3n) is 3.59. The van der Waals surface area contributed by atoms with Crippen LogP contribution in [0.3, 0.4) is 0 Å². The summed E-state index contributed by atoms with van der Waals surface area (Å²) in [6, 6.07) is 12.4. The van der Waals surface area contributed by atoms with Crippen molar-refractivity contribution >= 4 is 28.4 Å². The van der Waals surface area contributed by atoms with Crippen LogP contribution in [-0.4, -0.2) is 27.2 Å². The summed E-state index contributed by atoms with van der Waals surface area (Å²) in [5, 5.41) is 15.5. The van der Waals surface area contributed by atoms with Gasteiger partial charge in [-0.25, -0.2) is 10.4 Å². The van der Waals surface area contributed by atoms with Gasteiger partial charge in [-0.05, 0) is 38.1 Å². The maximum atomic E-state index is 11.2. The maximum absolute atomic E-state index is 11.2. The number of nitro benzene ring substituents is 1. The Morgan fingerprint density at radius 1 is 1.36 bits per heavy atom. The van der Waals surface area contributed by atoms with Gasteiger partial charge in [0.15, 0.2) is 5.75 Å². The van der Waals surface area contributed by atoms with Gasteiger partial charge in [-0.15, -0.1) is 0 Å². The minimum Gasteiger partial charge on any atom is -0.487 e. The van der Waals surface area contributed by atoms with Crippen LogP contribution in [0.15, 0.2) is 47.6 Å². The molecule has 0 fully saturated rings. The Hall–Kier alpha value is -3.42. The first-order chi connectivity index (χ1) is 12.1. The Morgan fingerprint density at radius 2 is 2.16 bits per heavy atom. The number of aromatic amines is 1. The number of anilines is 1. The molecule has 0 amide bonds. The molecule has 1 heterocycles. The van der Waals surface area contributed by atoms with Crippen molar-refractivity contribution in [2.75, 3.05) is 12.0 Å². The molecule has 1 aromatic heterocycles. The van der Waals surface area contributed by atoms with E-state index in [-0.39, 0.29) is 11.4 Å².